The Morgan fingerprint density at radius 3 is 2.33 bits per heavy atom. The summed E-state index contributed by atoms with van der Waals surface area (Å²) < 4.78 is 5.15. The van der Waals surface area contributed by atoms with Crippen LogP contribution in [0.2, 0.25) is 0 Å². The third-order valence-corrected chi connectivity index (χ3v) is 3.69. The number of urea groups is 1. The molecule has 1 heterocycles. The van der Waals surface area contributed by atoms with Crippen LogP contribution >= 0.6 is 0 Å². The first kappa shape index (κ1) is 17.9. The minimum absolute atomic E-state index is 0.177. The number of nitrogens with two attached hydrogens (primary N) is 1. The lowest BCUT2D eigenvalue weighted by Gasteiger charge is -2.26. The summed E-state index contributed by atoms with van der Waals surface area (Å²) >= 11 is 0. The lowest BCUT2D eigenvalue weighted by atomic mass is 10.1. The van der Waals surface area contributed by atoms with Crippen molar-refractivity contribution in [2.75, 3.05) is 11.5 Å². The fourth-order valence-corrected chi connectivity index (χ4v) is 2.45. The Morgan fingerprint density at radius 1 is 1.04 bits per heavy atom. The maximum Gasteiger partial charge on any atom is 0.335 e. The van der Waals surface area contributed by atoms with Crippen LogP contribution in [0.15, 0.2) is 60.2 Å². The molecule has 27 heavy (non-hydrogen) atoms. The van der Waals surface area contributed by atoms with Crippen LogP contribution in [0.25, 0.3) is 6.08 Å². The van der Waals surface area contributed by atoms with Gasteiger partial charge in [0.25, 0.3) is 17.7 Å². The second-order valence-electron chi connectivity index (χ2n) is 5.62. The molecule has 0 unspecified atom stereocenters. The van der Waals surface area contributed by atoms with E-state index in [2.05, 4.69) is 5.32 Å². The minimum Gasteiger partial charge on any atom is -0.484 e. The Kier molecular flexibility index (Phi) is 4.98. The molecule has 5 amide bonds. The van der Waals surface area contributed by atoms with Gasteiger partial charge in [-0.25, -0.2) is 9.69 Å². The Balaban J connectivity index is 1.86. The van der Waals surface area contributed by atoms with E-state index in [1.165, 1.54) is 6.08 Å². The molecule has 1 aliphatic heterocycles. The fourth-order valence-electron chi connectivity index (χ4n) is 2.45. The Bertz CT molecular complexity index is 936. The van der Waals surface area contributed by atoms with Crippen molar-refractivity contribution >= 4 is 35.5 Å². The molecule has 8 nitrogen and oxygen atoms in total. The Labute approximate surface area is 154 Å². The molecule has 3 N–H and O–H groups in total. The van der Waals surface area contributed by atoms with Gasteiger partial charge < -0.3 is 10.5 Å². The van der Waals surface area contributed by atoms with Gasteiger partial charge in [-0.1, -0.05) is 30.3 Å². The molecular formula is C19H15N3O5. The van der Waals surface area contributed by atoms with Crippen LogP contribution in [0.5, 0.6) is 5.75 Å². The van der Waals surface area contributed by atoms with Crippen LogP contribution in [0, 0.1) is 0 Å². The van der Waals surface area contributed by atoms with E-state index in [9.17, 15) is 19.2 Å². The number of amides is 5. The molecule has 2 aromatic carbocycles. The number of carbonyl (C=O) groups excluding carboxylic acids is 4. The summed E-state index contributed by atoms with van der Waals surface area (Å²) in [5.74, 6) is -1.68. The SMILES string of the molecule is NC(=O)COc1ccc(/C=C2/C(=O)NC(=O)N(c3ccccc3)C2=O)cc1. The van der Waals surface area contributed by atoms with Crippen molar-refractivity contribution in [3.8, 4) is 5.75 Å². The fraction of sp³-hybridized carbons (Fsp3) is 0.0526. The van der Waals surface area contributed by atoms with Crippen molar-refractivity contribution in [3.05, 3.63) is 65.7 Å². The number of para-hydroxylation sites is 1. The first-order chi connectivity index (χ1) is 13.0. The van der Waals surface area contributed by atoms with Gasteiger partial charge in [0.05, 0.1) is 5.69 Å². The number of imide groups is 2. The van der Waals surface area contributed by atoms with Crippen LogP contribution in [0.3, 0.4) is 0 Å². The van der Waals surface area contributed by atoms with Gasteiger partial charge in [0.2, 0.25) is 0 Å². The minimum atomic E-state index is -0.802. The molecule has 2 aromatic rings. The zero-order valence-electron chi connectivity index (χ0n) is 14.0. The van der Waals surface area contributed by atoms with Gasteiger partial charge in [-0.2, -0.15) is 0 Å². The van der Waals surface area contributed by atoms with Crippen molar-refractivity contribution in [2.24, 2.45) is 5.73 Å². The van der Waals surface area contributed by atoms with Crippen LogP contribution in [0.1, 0.15) is 5.56 Å². The first-order valence-corrected chi connectivity index (χ1v) is 7.93. The van der Waals surface area contributed by atoms with Crippen LogP contribution in [0.4, 0.5) is 10.5 Å². The Morgan fingerprint density at radius 2 is 1.70 bits per heavy atom. The maximum absolute atomic E-state index is 12.7. The highest BCUT2D eigenvalue weighted by Crippen LogP contribution is 2.22. The van der Waals surface area contributed by atoms with Crippen molar-refractivity contribution in [1.82, 2.24) is 5.32 Å². The predicted molar refractivity (Wildman–Crippen MR) is 96.6 cm³/mol. The van der Waals surface area contributed by atoms with Gasteiger partial charge >= 0.3 is 6.03 Å². The van der Waals surface area contributed by atoms with E-state index >= 15 is 0 Å². The Hall–Kier alpha value is -3.94. The van der Waals surface area contributed by atoms with Crippen LogP contribution < -0.4 is 20.7 Å². The molecule has 0 atom stereocenters. The summed E-state index contributed by atoms with van der Waals surface area (Å²) in [6.45, 7) is -0.254. The van der Waals surface area contributed by atoms with Crippen LogP contribution in [-0.4, -0.2) is 30.4 Å². The van der Waals surface area contributed by atoms with Gasteiger partial charge in [0, 0.05) is 0 Å². The highest BCUT2D eigenvalue weighted by atomic mass is 16.5. The lowest BCUT2D eigenvalue weighted by Crippen LogP contribution is -2.54. The highest BCUT2D eigenvalue weighted by molar-refractivity contribution is 6.39. The molecule has 8 heteroatoms. The van der Waals surface area contributed by atoms with Crippen molar-refractivity contribution in [2.45, 2.75) is 0 Å². The standard InChI is InChI=1S/C19H15N3O5/c20-16(23)11-27-14-8-6-12(7-9-14)10-15-17(24)21-19(26)22(18(15)25)13-4-2-1-3-5-13/h1-10H,11H2,(H2,20,23)(H,21,24,26)/b15-10-. The lowest BCUT2D eigenvalue weighted by molar-refractivity contribution is -0.123. The molecule has 136 valence electrons. The molecule has 1 aliphatic rings. The zero-order valence-corrected chi connectivity index (χ0v) is 14.0. The zero-order chi connectivity index (χ0) is 19.4. The number of benzene rings is 2. The van der Waals surface area contributed by atoms with E-state index in [4.69, 9.17) is 10.5 Å². The van der Waals surface area contributed by atoms with E-state index in [1.54, 1.807) is 54.6 Å². The first-order valence-electron chi connectivity index (χ1n) is 7.93. The van der Waals surface area contributed by atoms with Gasteiger partial charge in [-0.3, -0.25) is 19.7 Å². The van der Waals surface area contributed by atoms with Gasteiger partial charge in [0.1, 0.15) is 11.3 Å². The number of carbonyl (C=O) groups is 4. The summed E-state index contributed by atoms with van der Waals surface area (Å²) in [7, 11) is 0. The number of barbiturate groups is 1. The summed E-state index contributed by atoms with van der Waals surface area (Å²) in [6.07, 6.45) is 1.37. The van der Waals surface area contributed by atoms with E-state index in [-0.39, 0.29) is 12.2 Å². The molecule has 3 rings (SSSR count). The average Bonchev–Trinajstić information content (AvgIpc) is 2.65. The van der Waals surface area contributed by atoms with E-state index in [1.807, 2.05) is 0 Å². The maximum atomic E-state index is 12.7. The second kappa shape index (κ2) is 7.52. The number of anilines is 1. The number of nitrogens with zero attached hydrogens (tertiary/aromatic N) is 1. The third kappa shape index (κ3) is 4.01. The summed E-state index contributed by atoms with van der Waals surface area (Å²) in [4.78, 5) is 48.5. The molecule has 1 saturated heterocycles. The number of primary amides is 1. The topological polar surface area (TPSA) is 119 Å². The molecular weight excluding hydrogens is 350 g/mol. The number of hydrogen-bond acceptors (Lipinski definition) is 5. The molecule has 0 aliphatic carbocycles. The van der Waals surface area contributed by atoms with E-state index in [0.29, 0.717) is 17.0 Å². The number of ether oxygens (including phenoxy) is 1. The van der Waals surface area contributed by atoms with Crippen molar-refractivity contribution in [1.29, 1.82) is 0 Å². The highest BCUT2D eigenvalue weighted by Gasteiger charge is 2.36. The van der Waals surface area contributed by atoms with E-state index < -0.39 is 23.8 Å². The third-order valence-electron chi connectivity index (χ3n) is 3.69. The monoisotopic (exact) mass is 365 g/mol. The molecule has 0 radical (unpaired) electrons. The quantitative estimate of drug-likeness (QED) is 0.610. The number of hydrogen-bond donors (Lipinski definition) is 2. The second-order valence-corrected chi connectivity index (χ2v) is 5.62. The van der Waals surface area contributed by atoms with Gasteiger partial charge in [-0.05, 0) is 35.9 Å². The number of nitrogens with one attached hydrogen (secondary N) is 1. The smallest absolute Gasteiger partial charge is 0.335 e. The van der Waals surface area contributed by atoms with Gasteiger partial charge in [0.15, 0.2) is 6.61 Å². The molecule has 0 saturated carbocycles. The number of rotatable bonds is 5. The normalized spacial score (nSPS) is 15.6. The summed E-state index contributed by atoms with van der Waals surface area (Å²) in [6, 6.07) is 13.8. The van der Waals surface area contributed by atoms with Crippen molar-refractivity contribution in [3.63, 3.8) is 0 Å². The summed E-state index contributed by atoms with van der Waals surface area (Å²) in [5.41, 5.74) is 5.73. The van der Waals surface area contributed by atoms with Gasteiger partial charge in [-0.15, -0.1) is 0 Å². The molecule has 1 fully saturated rings. The van der Waals surface area contributed by atoms with E-state index in [0.717, 1.165) is 4.90 Å². The van der Waals surface area contributed by atoms with Crippen molar-refractivity contribution < 1.29 is 23.9 Å². The molecule has 0 bridgehead atoms. The summed E-state index contributed by atoms with van der Waals surface area (Å²) in [5, 5.41) is 2.16. The average molecular weight is 365 g/mol. The molecule has 0 spiro atoms. The predicted octanol–water partition coefficient (Wildman–Crippen LogP) is 1.22. The van der Waals surface area contributed by atoms with Crippen LogP contribution in [-0.2, 0) is 14.4 Å². The molecule has 0 aromatic heterocycles. The largest absolute Gasteiger partial charge is 0.484 e.